The van der Waals surface area contributed by atoms with Gasteiger partial charge in [0.2, 0.25) is 0 Å². The first-order chi connectivity index (χ1) is 13.1. The highest BCUT2D eigenvalue weighted by atomic mass is 19.3. The maximum Gasteiger partial charge on any atom is 0.320 e. The molecule has 0 saturated heterocycles. The molecule has 138 valence electrons. The zero-order valence-corrected chi connectivity index (χ0v) is 15.3. The maximum absolute atomic E-state index is 13.8. The Labute approximate surface area is 156 Å². The van der Waals surface area contributed by atoms with E-state index >= 15 is 0 Å². The van der Waals surface area contributed by atoms with E-state index in [1.165, 1.54) is 16.3 Å². The number of benzene rings is 3. The summed E-state index contributed by atoms with van der Waals surface area (Å²) in [5.41, 5.74) is 2.23. The Bertz CT molecular complexity index is 1080. The monoisotopic (exact) mass is 365 g/mol. The van der Waals surface area contributed by atoms with E-state index in [0.717, 1.165) is 4.57 Å². The molecule has 3 nitrogen and oxygen atoms in total. The summed E-state index contributed by atoms with van der Waals surface area (Å²) in [6, 6.07) is 21.2. The van der Waals surface area contributed by atoms with Gasteiger partial charge >= 0.3 is 6.55 Å². The first-order valence-corrected chi connectivity index (χ1v) is 8.98. The van der Waals surface area contributed by atoms with E-state index in [1.54, 1.807) is 18.2 Å². The van der Waals surface area contributed by atoms with Gasteiger partial charge in [0.25, 0.3) is 0 Å². The molecule has 0 amide bonds. The van der Waals surface area contributed by atoms with Crippen molar-refractivity contribution >= 4 is 21.8 Å². The van der Waals surface area contributed by atoms with Crippen molar-refractivity contribution in [2.24, 2.45) is 0 Å². The molecule has 1 atom stereocenters. The molecule has 0 unspecified atom stereocenters. The molecule has 0 fully saturated rings. The van der Waals surface area contributed by atoms with E-state index in [2.05, 4.69) is 34.1 Å². The average Bonchev–Trinajstić information content (AvgIpc) is 3.07. The summed E-state index contributed by atoms with van der Waals surface area (Å²) in [5.74, 6) is 0.383. The highest BCUT2D eigenvalue weighted by Crippen LogP contribution is 2.30. The fourth-order valence-corrected chi connectivity index (χ4v) is 3.60. The average molecular weight is 365 g/mol. The van der Waals surface area contributed by atoms with Crippen molar-refractivity contribution in [1.29, 1.82) is 0 Å². The molecule has 0 bridgehead atoms. The smallest absolute Gasteiger partial charge is 0.292 e. The quantitative estimate of drug-likeness (QED) is 0.447. The number of aromatic nitrogens is 2. The molecule has 0 aliphatic carbocycles. The number of rotatable bonds is 5. The molecule has 27 heavy (non-hydrogen) atoms. The van der Waals surface area contributed by atoms with Crippen LogP contribution >= 0.6 is 0 Å². The Balaban J connectivity index is 1.69. The van der Waals surface area contributed by atoms with Crippen LogP contribution in [0.25, 0.3) is 21.8 Å². The van der Waals surface area contributed by atoms with E-state index < -0.39 is 6.55 Å². The minimum absolute atomic E-state index is 0.259. The largest absolute Gasteiger partial charge is 0.320 e. The lowest BCUT2D eigenvalue weighted by Gasteiger charge is -2.25. The highest BCUT2D eigenvalue weighted by Gasteiger charge is 2.24. The van der Waals surface area contributed by atoms with Crippen LogP contribution in [-0.2, 0) is 6.54 Å². The van der Waals surface area contributed by atoms with Gasteiger partial charge in [-0.25, -0.2) is 4.98 Å². The van der Waals surface area contributed by atoms with Crippen molar-refractivity contribution in [1.82, 2.24) is 14.5 Å². The lowest BCUT2D eigenvalue weighted by Crippen LogP contribution is -2.25. The molecule has 0 spiro atoms. The molecule has 0 radical (unpaired) electrons. The number of alkyl halides is 2. The SMILES string of the molecule is C[C@@H](c1nc2ccccc2n1C(F)F)N(C)Cc1cccc2ccccc12. The van der Waals surface area contributed by atoms with Gasteiger partial charge in [0.15, 0.2) is 0 Å². The fourth-order valence-electron chi connectivity index (χ4n) is 3.60. The third-order valence-electron chi connectivity index (χ3n) is 5.15. The zero-order chi connectivity index (χ0) is 19.0. The second-order valence-electron chi connectivity index (χ2n) is 6.84. The molecule has 4 aromatic rings. The Hall–Kier alpha value is -2.79. The first-order valence-electron chi connectivity index (χ1n) is 8.98. The number of fused-ring (bicyclic) bond motifs is 2. The summed E-state index contributed by atoms with van der Waals surface area (Å²) >= 11 is 0. The Morgan fingerprint density at radius 1 is 0.963 bits per heavy atom. The molecule has 1 aromatic heterocycles. The normalized spacial score (nSPS) is 13.1. The zero-order valence-electron chi connectivity index (χ0n) is 15.3. The van der Waals surface area contributed by atoms with Crippen molar-refractivity contribution in [3.05, 3.63) is 78.1 Å². The van der Waals surface area contributed by atoms with Gasteiger partial charge in [0.1, 0.15) is 5.82 Å². The number of hydrogen-bond acceptors (Lipinski definition) is 2. The number of para-hydroxylation sites is 2. The molecule has 3 aromatic carbocycles. The predicted octanol–water partition coefficient (Wildman–Crippen LogP) is 5.78. The molecule has 0 aliphatic heterocycles. The summed E-state index contributed by atoms with van der Waals surface area (Å²) < 4.78 is 28.5. The number of halogens is 2. The van der Waals surface area contributed by atoms with E-state index in [9.17, 15) is 8.78 Å². The van der Waals surface area contributed by atoms with Crippen LogP contribution in [-0.4, -0.2) is 21.5 Å². The Morgan fingerprint density at radius 3 is 2.48 bits per heavy atom. The van der Waals surface area contributed by atoms with Gasteiger partial charge in [-0.3, -0.25) is 9.47 Å². The topological polar surface area (TPSA) is 21.1 Å². The lowest BCUT2D eigenvalue weighted by molar-refractivity contribution is 0.0657. The van der Waals surface area contributed by atoms with Gasteiger partial charge in [-0.2, -0.15) is 8.78 Å². The van der Waals surface area contributed by atoms with Crippen LogP contribution in [0, 0.1) is 0 Å². The lowest BCUT2D eigenvalue weighted by atomic mass is 10.0. The van der Waals surface area contributed by atoms with Gasteiger partial charge < -0.3 is 0 Å². The molecule has 0 saturated carbocycles. The van der Waals surface area contributed by atoms with Crippen molar-refractivity contribution in [3.63, 3.8) is 0 Å². The van der Waals surface area contributed by atoms with Gasteiger partial charge in [0.05, 0.1) is 17.1 Å². The van der Waals surface area contributed by atoms with Crippen LogP contribution in [0.3, 0.4) is 0 Å². The van der Waals surface area contributed by atoms with Gasteiger partial charge in [-0.1, -0.05) is 54.6 Å². The van der Waals surface area contributed by atoms with E-state index in [4.69, 9.17) is 0 Å². The molecule has 0 aliphatic rings. The number of nitrogens with zero attached hydrogens (tertiary/aromatic N) is 3. The van der Waals surface area contributed by atoms with E-state index in [1.807, 2.05) is 38.2 Å². The van der Waals surface area contributed by atoms with Gasteiger partial charge in [-0.05, 0) is 42.4 Å². The third kappa shape index (κ3) is 3.19. The summed E-state index contributed by atoms with van der Waals surface area (Å²) in [4.78, 5) is 6.56. The molecule has 5 heteroatoms. The minimum Gasteiger partial charge on any atom is -0.292 e. The molecular weight excluding hydrogens is 344 g/mol. The van der Waals surface area contributed by atoms with Gasteiger partial charge in [0, 0.05) is 6.54 Å². The van der Waals surface area contributed by atoms with Crippen LogP contribution < -0.4 is 0 Å². The predicted molar refractivity (Wildman–Crippen MR) is 105 cm³/mol. The van der Waals surface area contributed by atoms with Crippen molar-refractivity contribution in [2.75, 3.05) is 7.05 Å². The Kier molecular flexibility index (Phi) is 4.62. The number of imidazole rings is 1. The minimum atomic E-state index is -2.62. The third-order valence-corrected chi connectivity index (χ3v) is 5.15. The molecule has 1 heterocycles. The van der Waals surface area contributed by atoms with Crippen LogP contribution in [0.5, 0.6) is 0 Å². The summed E-state index contributed by atoms with van der Waals surface area (Å²) in [6.45, 7) is -0.0546. The second-order valence-corrected chi connectivity index (χ2v) is 6.84. The first kappa shape index (κ1) is 17.6. The summed E-state index contributed by atoms with van der Waals surface area (Å²) in [7, 11) is 1.95. The van der Waals surface area contributed by atoms with Crippen molar-refractivity contribution < 1.29 is 8.78 Å². The number of hydrogen-bond donors (Lipinski definition) is 0. The second kappa shape index (κ2) is 7.08. The van der Waals surface area contributed by atoms with Crippen molar-refractivity contribution in [2.45, 2.75) is 26.1 Å². The molecule has 0 N–H and O–H groups in total. The standard InChI is InChI=1S/C22H21F2N3/c1-15(21-25-19-12-5-6-13-20(19)27(21)22(23)24)26(2)14-17-10-7-9-16-8-3-4-11-18(16)17/h3-13,15,22H,14H2,1-2H3/t15-/m0/s1. The summed E-state index contributed by atoms with van der Waals surface area (Å²) in [6.07, 6.45) is 0. The molecule has 4 rings (SSSR count). The van der Waals surface area contributed by atoms with Crippen LogP contribution in [0.2, 0.25) is 0 Å². The van der Waals surface area contributed by atoms with Crippen LogP contribution in [0.15, 0.2) is 66.7 Å². The fraction of sp³-hybridized carbons (Fsp3) is 0.227. The van der Waals surface area contributed by atoms with E-state index in [-0.39, 0.29) is 6.04 Å². The Morgan fingerprint density at radius 2 is 1.67 bits per heavy atom. The van der Waals surface area contributed by atoms with Crippen LogP contribution in [0.4, 0.5) is 8.78 Å². The van der Waals surface area contributed by atoms with E-state index in [0.29, 0.717) is 23.4 Å². The van der Waals surface area contributed by atoms with Crippen molar-refractivity contribution in [3.8, 4) is 0 Å². The summed E-state index contributed by atoms with van der Waals surface area (Å²) in [5, 5.41) is 2.36. The molecular formula is C22H21F2N3. The van der Waals surface area contributed by atoms with Gasteiger partial charge in [-0.15, -0.1) is 0 Å². The van der Waals surface area contributed by atoms with Crippen LogP contribution in [0.1, 0.15) is 30.9 Å². The highest BCUT2D eigenvalue weighted by molar-refractivity contribution is 5.85. The maximum atomic E-state index is 13.8.